The number of rotatable bonds is 6. The van der Waals surface area contributed by atoms with E-state index in [1.807, 2.05) is 17.0 Å². The molecule has 1 heterocycles. The van der Waals surface area contributed by atoms with Crippen LogP contribution in [0.25, 0.3) is 0 Å². The molecule has 1 atom stereocenters. The molecule has 0 radical (unpaired) electrons. The second-order valence-electron chi connectivity index (χ2n) is 7.00. The van der Waals surface area contributed by atoms with E-state index in [0.29, 0.717) is 11.1 Å². The number of hydrogen-bond acceptors (Lipinski definition) is 4. The molecular formula is C20H22ClF2N3O3S. The topological polar surface area (TPSA) is 69.7 Å². The van der Waals surface area contributed by atoms with Gasteiger partial charge in [0.05, 0.1) is 6.04 Å². The lowest BCUT2D eigenvalue weighted by Gasteiger charge is -2.36. The summed E-state index contributed by atoms with van der Waals surface area (Å²) in [5.41, 5.74) is 0.799. The van der Waals surface area contributed by atoms with E-state index in [0.717, 1.165) is 22.0 Å². The molecule has 1 fully saturated rings. The molecule has 1 amide bonds. The second-order valence-corrected chi connectivity index (χ2v) is 9.31. The van der Waals surface area contributed by atoms with Crippen LogP contribution in [0, 0.1) is 11.6 Å². The Morgan fingerprint density at radius 2 is 1.80 bits per heavy atom. The van der Waals surface area contributed by atoms with Gasteiger partial charge in [0.2, 0.25) is 15.9 Å². The number of nitrogens with zero attached hydrogens (tertiary/aromatic N) is 2. The van der Waals surface area contributed by atoms with Crippen LogP contribution in [0.4, 0.5) is 8.78 Å². The van der Waals surface area contributed by atoms with Crippen molar-refractivity contribution in [3.63, 3.8) is 0 Å². The lowest BCUT2D eigenvalue weighted by atomic mass is 10.2. The number of sulfonamides is 1. The Kier molecular flexibility index (Phi) is 7.07. The standard InChI is InChI=1S/C20H22ClF2N3O3S/c1-14(20(27)24-13-15-4-2-3-5-17(15)21)25-8-10-26(11-9-25)30(28,29)19-12-16(22)6-7-18(19)23/h2-7,12,14H,8-11,13H2,1H3,(H,24,27). The number of carbonyl (C=O) groups excluding carboxylic acids is 1. The molecule has 2 aromatic rings. The van der Waals surface area contributed by atoms with E-state index in [1.54, 1.807) is 19.1 Å². The van der Waals surface area contributed by atoms with Crippen LogP contribution in [0.2, 0.25) is 5.02 Å². The van der Waals surface area contributed by atoms with Crippen LogP contribution in [-0.2, 0) is 21.4 Å². The zero-order chi connectivity index (χ0) is 21.9. The molecule has 3 rings (SSSR count). The zero-order valence-electron chi connectivity index (χ0n) is 16.3. The Balaban J connectivity index is 1.58. The lowest BCUT2D eigenvalue weighted by molar-refractivity contribution is -0.126. The van der Waals surface area contributed by atoms with Crippen LogP contribution in [0.5, 0.6) is 0 Å². The first-order chi connectivity index (χ1) is 14.2. The number of halogens is 3. The summed E-state index contributed by atoms with van der Waals surface area (Å²) in [5, 5.41) is 3.39. The van der Waals surface area contributed by atoms with Gasteiger partial charge in [-0.05, 0) is 36.8 Å². The van der Waals surface area contributed by atoms with E-state index >= 15 is 0 Å². The fraction of sp³-hybridized carbons (Fsp3) is 0.350. The SMILES string of the molecule is CC(C(=O)NCc1ccccc1Cl)N1CCN(S(=O)(=O)c2cc(F)ccc2F)CC1. The molecule has 1 N–H and O–H groups in total. The molecule has 0 spiro atoms. The molecule has 0 saturated carbocycles. The number of carbonyl (C=O) groups is 1. The van der Waals surface area contributed by atoms with Crippen LogP contribution in [0.15, 0.2) is 47.4 Å². The maximum absolute atomic E-state index is 13.9. The van der Waals surface area contributed by atoms with E-state index in [-0.39, 0.29) is 38.6 Å². The lowest BCUT2D eigenvalue weighted by Crippen LogP contribution is -2.54. The van der Waals surface area contributed by atoms with Gasteiger partial charge in [0.15, 0.2) is 0 Å². The van der Waals surface area contributed by atoms with Crippen molar-refractivity contribution >= 4 is 27.5 Å². The number of amides is 1. The molecule has 0 aliphatic carbocycles. The average molecular weight is 458 g/mol. The number of nitrogens with one attached hydrogen (secondary N) is 1. The van der Waals surface area contributed by atoms with Crippen molar-refractivity contribution in [2.24, 2.45) is 0 Å². The Morgan fingerprint density at radius 3 is 2.47 bits per heavy atom. The van der Waals surface area contributed by atoms with Crippen LogP contribution in [-0.4, -0.2) is 55.8 Å². The minimum Gasteiger partial charge on any atom is -0.351 e. The van der Waals surface area contributed by atoms with Crippen molar-refractivity contribution in [1.29, 1.82) is 0 Å². The summed E-state index contributed by atoms with van der Waals surface area (Å²) in [6.45, 7) is 2.74. The van der Waals surface area contributed by atoms with E-state index in [2.05, 4.69) is 5.32 Å². The summed E-state index contributed by atoms with van der Waals surface area (Å²) in [5.74, 6) is -2.02. The molecule has 162 valence electrons. The Morgan fingerprint density at radius 1 is 1.13 bits per heavy atom. The third-order valence-corrected chi connectivity index (χ3v) is 7.40. The van der Waals surface area contributed by atoms with E-state index in [1.165, 1.54) is 0 Å². The smallest absolute Gasteiger partial charge is 0.246 e. The summed E-state index contributed by atoms with van der Waals surface area (Å²) < 4.78 is 53.8. The predicted octanol–water partition coefficient (Wildman–Crippen LogP) is 2.63. The van der Waals surface area contributed by atoms with Crippen LogP contribution in [0.3, 0.4) is 0 Å². The van der Waals surface area contributed by atoms with Gasteiger partial charge in [0, 0.05) is 37.7 Å². The van der Waals surface area contributed by atoms with Crippen molar-refractivity contribution in [2.45, 2.75) is 24.4 Å². The molecule has 0 aromatic heterocycles. The summed E-state index contributed by atoms with van der Waals surface area (Å²) in [7, 11) is -4.16. The third-order valence-electron chi connectivity index (χ3n) is 5.12. The predicted molar refractivity (Wildman–Crippen MR) is 109 cm³/mol. The first-order valence-electron chi connectivity index (χ1n) is 9.40. The minimum atomic E-state index is -4.16. The first-order valence-corrected chi connectivity index (χ1v) is 11.2. The second kappa shape index (κ2) is 9.38. The van der Waals surface area contributed by atoms with Crippen molar-refractivity contribution in [2.75, 3.05) is 26.2 Å². The quantitative estimate of drug-likeness (QED) is 0.724. The zero-order valence-corrected chi connectivity index (χ0v) is 17.9. The molecule has 30 heavy (non-hydrogen) atoms. The molecule has 2 aromatic carbocycles. The van der Waals surface area contributed by atoms with Crippen LogP contribution >= 0.6 is 11.6 Å². The average Bonchev–Trinajstić information content (AvgIpc) is 2.74. The molecule has 6 nitrogen and oxygen atoms in total. The van der Waals surface area contributed by atoms with Gasteiger partial charge < -0.3 is 5.32 Å². The molecule has 1 unspecified atom stereocenters. The van der Waals surface area contributed by atoms with Gasteiger partial charge in [-0.3, -0.25) is 9.69 Å². The summed E-state index contributed by atoms with van der Waals surface area (Å²) in [6, 6.07) is 9.07. The highest BCUT2D eigenvalue weighted by Gasteiger charge is 2.33. The highest BCUT2D eigenvalue weighted by molar-refractivity contribution is 7.89. The summed E-state index contributed by atoms with van der Waals surface area (Å²) in [4.78, 5) is 13.7. The van der Waals surface area contributed by atoms with Gasteiger partial charge in [0.25, 0.3) is 0 Å². The Labute approximate surface area is 179 Å². The van der Waals surface area contributed by atoms with Gasteiger partial charge in [-0.1, -0.05) is 29.8 Å². The molecule has 1 aliphatic rings. The minimum absolute atomic E-state index is 0.0699. The fourth-order valence-electron chi connectivity index (χ4n) is 3.28. The number of hydrogen-bond donors (Lipinski definition) is 1. The fourth-order valence-corrected chi connectivity index (χ4v) is 4.98. The number of benzene rings is 2. The largest absolute Gasteiger partial charge is 0.351 e. The summed E-state index contributed by atoms with van der Waals surface area (Å²) >= 11 is 6.09. The van der Waals surface area contributed by atoms with E-state index < -0.39 is 32.6 Å². The van der Waals surface area contributed by atoms with E-state index in [9.17, 15) is 22.0 Å². The maximum Gasteiger partial charge on any atom is 0.246 e. The highest BCUT2D eigenvalue weighted by Crippen LogP contribution is 2.22. The van der Waals surface area contributed by atoms with Crippen molar-refractivity contribution in [1.82, 2.24) is 14.5 Å². The Bertz CT molecular complexity index is 1030. The molecule has 0 bridgehead atoms. The van der Waals surface area contributed by atoms with Gasteiger partial charge in [-0.25, -0.2) is 17.2 Å². The van der Waals surface area contributed by atoms with Crippen LogP contribution < -0.4 is 5.32 Å². The molecule has 1 aliphatic heterocycles. The normalized spacial score (nSPS) is 16.9. The summed E-state index contributed by atoms with van der Waals surface area (Å²) in [6.07, 6.45) is 0. The number of piperazine rings is 1. The van der Waals surface area contributed by atoms with Gasteiger partial charge >= 0.3 is 0 Å². The molecule has 1 saturated heterocycles. The third kappa shape index (κ3) is 4.97. The van der Waals surface area contributed by atoms with Gasteiger partial charge in [-0.2, -0.15) is 4.31 Å². The molecule has 10 heteroatoms. The highest BCUT2D eigenvalue weighted by atomic mass is 35.5. The van der Waals surface area contributed by atoms with Crippen LogP contribution in [0.1, 0.15) is 12.5 Å². The van der Waals surface area contributed by atoms with Gasteiger partial charge in [-0.15, -0.1) is 0 Å². The monoisotopic (exact) mass is 457 g/mol. The molecular weight excluding hydrogens is 436 g/mol. The van der Waals surface area contributed by atoms with Crippen molar-refractivity contribution in [3.05, 3.63) is 64.7 Å². The van der Waals surface area contributed by atoms with Crippen molar-refractivity contribution in [3.8, 4) is 0 Å². The van der Waals surface area contributed by atoms with Gasteiger partial charge in [0.1, 0.15) is 16.5 Å². The Hall–Kier alpha value is -2.07. The first kappa shape index (κ1) is 22.6. The maximum atomic E-state index is 13.9. The van der Waals surface area contributed by atoms with E-state index in [4.69, 9.17) is 11.6 Å². The van der Waals surface area contributed by atoms with Crippen molar-refractivity contribution < 1.29 is 22.0 Å².